The van der Waals surface area contributed by atoms with Crippen molar-refractivity contribution in [3.05, 3.63) is 35.4 Å². The van der Waals surface area contributed by atoms with Crippen LogP contribution in [0.15, 0.2) is 18.2 Å². The molecule has 0 heterocycles. The van der Waals surface area contributed by atoms with Crippen LogP contribution in [0.25, 0.3) is 0 Å². The summed E-state index contributed by atoms with van der Waals surface area (Å²) in [7, 11) is 0. The van der Waals surface area contributed by atoms with Crippen LogP contribution in [0, 0.1) is 17.6 Å². The maximum Gasteiger partial charge on any atom is 0.129 e. The fourth-order valence-electron chi connectivity index (χ4n) is 1.92. The highest BCUT2D eigenvalue weighted by Gasteiger charge is 2.07. The van der Waals surface area contributed by atoms with E-state index in [1.165, 1.54) is 6.07 Å². The van der Waals surface area contributed by atoms with Crippen molar-refractivity contribution < 1.29 is 8.78 Å². The number of aryl methyl sites for hydroxylation is 1. The van der Waals surface area contributed by atoms with E-state index in [1.54, 1.807) is 6.07 Å². The van der Waals surface area contributed by atoms with Gasteiger partial charge in [0.05, 0.1) is 0 Å². The van der Waals surface area contributed by atoms with Crippen molar-refractivity contribution in [3.63, 3.8) is 0 Å². The van der Waals surface area contributed by atoms with Crippen LogP contribution < -0.4 is 5.32 Å². The van der Waals surface area contributed by atoms with Crippen molar-refractivity contribution in [2.75, 3.05) is 13.1 Å². The van der Waals surface area contributed by atoms with Gasteiger partial charge in [-0.15, -0.1) is 0 Å². The number of nitrogens with one attached hydrogen (secondary N) is 1. The predicted octanol–water partition coefficient (Wildman–Crippen LogP) is 3.92. The van der Waals surface area contributed by atoms with Crippen molar-refractivity contribution in [3.8, 4) is 0 Å². The molecule has 0 spiro atoms. The first-order valence-corrected chi connectivity index (χ1v) is 6.78. The van der Waals surface area contributed by atoms with Crippen LogP contribution in [0.1, 0.15) is 38.7 Å². The van der Waals surface area contributed by atoms with Gasteiger partial charge in [-0.05, 0) is 56.3 Å². The van der Waals surface area contributed by atoms with Crippen molar-refractivity contribution in [2.45, 2.75) is 39.5 Å². The fourth-order valence-corrected chi connectivity index (χ4v) is 1.92. The fraction of sp³-hybridized carbons (Fsp3) is 0.600. The molecule has 0 aliphatic heterocycles. The maximum atomic E-state index is 13.4. The summed E-state index contributed by atoms with van der Waals surface area (Å²) < 4.78 is 26.1. The number of halogens is 2. The SMILES string of the molecule is CCCNCCC(C)CCc1ccc(F)cc1F. The Labute approximate surface area is 109 Å². The van der Waals surface area contributed by atoms with Crippen molar-refractivity contribution in [1.82, 2.24) is 5.32 Å². The van der Waals surface area contributed by atoms with Gasteiger partial charge in [0.1, 0.15) is 11.6 Å². The van der Waals surface area contributed by atoms with Gasteiger partial charge >= 0.3 is 0 Å². The minimum Gasteiger partial charge on any atom is -0.317 e. The molecule has 1 unspecified atom stereocenters. The highest BCUT2D eigenvalue weighted by atomic mass is 19.1. The average molecular weight is 255 g/mol. The van der Waals surface area contributed by atoms with E-state index in [2.05, 4.69) is 19.2 Å². The number of benzene rings is 1. The van der Waals surface area contributed by atoms with E-state index in [-0.39, 0.29) is 0 Å². The minimum atomic E-state index is -0.506. The summed E-state index contributed by atoms with van der Waals surface area (Å²) in [5.41, 5.74) is 0.616. The Morgan fingerprint density at radius 1 is 1.17 bits per heavy atom. The zero-order valence-corrected chi connectivity index (χ0v) is 11.3. The molecule has 1 aromatic rings. The van der Waals surface area contributed by atoms with Crippen LogP contribution in [-0.2, 0) is 6.42 Å². The zero-order valence-electron chi connectivity index (χ0n) is 11.3. The lowest BCUT2D eigenvalue weighted by Crippen LogP contribution is -2.18. The second kappa shape index (κ2) is 8.20. The lowest BCUT2D eigenvalue weighted by atomic mass is 9.98. The summed E-state index contributed by atoms with van der Waals surface area (Å²) >= 11 is 0. The van der Waals surface area contributed by atoms with E-state index in [1.807, 2.05) is 0 Å². The molecule has 0 aliphatic carbocycles. The van der Waals surface area contributed by atoms with Gasteiger partial charge in [0.25, 0.3) is 0 Å². The Bertz CT molecular complexity index is 352. The molecule has 3 heteroatoms. The first-order chi connectivity index (χ1) is 8.63. The molecule has 0 bridgehead atoms. The zero-order chi connectivity index (χ0) is 13.4. The van der Waals surface area contributed by atoms with Gasteiger partial charge in [-0.1, -0.05) is 19.9 Å². The number of rotatable bonds is 8. The van der Waals surface area contributed by atoms with Gasteiger partial charge in [0.2, 0.25) is 0 Å². The van der Waals surface area contributed by atoms with E-state index in [9.17, 15) is 8.78 Å². The topological polar surface area (TPSA) is 12.0 Å². The van der Waals surface area contributed by atoms with Gasteiger partial charge in [-0.3, -0.25) is 0 Å². The standard InChI is InChI=1S/C15H23F2N/c1-3-9-18-10-8-12(2)4-5-13-6-7-14(16)11-15(13)17/h6-7,11-12,18H,3-5,8-10H2,1-2H3. The molecule has 18 heavy (non-hydrogen) atoms. The molecule has 0 fully saturated rings. The molecule has 1 rings (SSSR count). The molecule has 1 nitrogen and oxygen atoms in total. The molecule has 0 amide bonds. The van der Waals surface area contributed by atoms with Crippen molar-refractivity contribution in [1.29, 1.82) is 0 Å². The van der Waals surface area contributed by atoms with Gasteiger partial charge in [-0.25, -0.2) is 8.78 Å². The molecule has 0 saturated carbocycles. The van der Waals surface area contributed by atoms with E-state index in [0.717, 1.165) is 38.4 Å². The summed E-state index contributed by atoms with van der Waals surface area (Å²) in [5, 5.41) is 3.36. The Kier molecular flexibility index (Phi) is 6.88. The highest BCUT2D eigenvalue weighted by molar-refractivity contribution is 5.18. The summed E-state index contributed by atoms with van der Waals surface area (Å²) in [5.74, 6) is -0.377. The van der Waals surface area contributed by atoms with Crippen molar-refractivity contribution >= 4 is 0 Å². The molecule has 1 N–H and O–H groups in total. The molecular formula is C15H23F2N. The second-order valence-electron chi connectivity index (χ2n) is 4.92. The van der Waals surface area contributed by atoms with E-state index in [0.29, 0.717) is 17.9 Å². The summed E-state index contributed by atoms with van der Waals surface area (Å²) in [4.78, 5) is 0. The van der Waals surface area contributed by atoms with Crippen LogP contribution in [-0.4, -0.2) is 13.1 Å². The van der Waals surface area contributed by atoms with Crippen LogP contribution in [0.2, 0.25) is 0 Å². The summed E-state index contributed by atoms with van der Waals surface area (Å²) in [6.45, 7) is 6.39. The number of hydrogen-bond donors (Lipinski definition) is 1. The lowest BCUT2D eigenvalue weighted by molar-refractivity contribution is 0.464. The Morgan fingerprint density at radius 3 is 2.61 bits per heavy atom. The van der Waals surface area contributed by atoms with Crippen molar-refractivity contribution in [2.24, 2.45) is 5.92 Å². The third kappa shape index (κ3) is 5.58. The molecule has 0 radical (unpaired) electrons. The van der Waals surface area contributed by atoms with Gasteiger partial charge in [0, 0.05) is 6.07 Å². The van der Waals surface area contributed by atoms with Gasteiger partial charge < -0.3 is 5.32 Å². The highest BCUT2D eigenvalue weighted by Crippen LogP contribution is 2.16. The lowest BCUT2D eigenvalue weighted by Gasteiger charge is -2.12. The minimum absolute atomic E-state index is 0.425. The van der Waals surface area contributed by atoms with Crippen LogP contribution in [0.4, 0.5) is 8.78 Å². The third-order valence-corrected chi connectivity index (χ3v) is 3.16. The molecule has 0 aromatic heterocycles. The first kappa shape index (κ1) is 15.1. The molecule has 0 saturated heterocycles. The third-order valence-electron chi connectivity index (χ3n) is 3.16. The molecular weight excluding hydrogens is 232 g/mol. The molecule has 1 atom stereocenters. The molecule has 102 valence electrons. The van der Waals surface area contributed by atoms with Gasteiger partial charge in [-0.2, -0.15) is 0 Å². The van der Waals surface area contributed by atoms with Crippen LogP contribution >= 0.6 is 0 Å². The number of hydrogen-bond acceptors (Lipinski definition) is 1. The Balaban J connectivity index is 2.27. The predicted molar refractivity (Wildman–Crippen MR) is 71.6 cm³/mol. The second-order valence-corrected chi connectivity index (χ2v) is 4.92. The smallest absolute Gasteiger partial charge is 0.129 e. The normalized spacial score (nSPS) is 12.7. The Morgan fingerprint density at radius 2 is 1.94 bits per heavy atom. The summed E-state index contributed by atoms with van der Waals surface area (Å²) in [6, 6.07) is 3.83. The van der Waals surface area contributed by atoms with Crippen LogP contribution in [0.3, 0.4) is 0 Å². The average Bonchev–Trinajstić information content (AvgIpc) is 2.33. The largest absolute Gasteiger partial charge is 0.317 e. The van der Waals surface area contributed by atoms with E-state index < -0.39 is 11.6 Å². The van der Waals surface area contributed by atoms with E-state index >= 15 is 0 Å². The monoisotopic (exact) mass is 255 g/mol. The van der Waals surface area contributed by atoms with Crippen LogP contribution in [0.5, 0.6) is 0 Å². The Hall–Kier alpha value is -0.960. The quantitative estimate of drug-likeness (QED) is 0.694. The summed E-state index contributed by atoms with van der Waals surface area (Å²) in [6.07, 6.45) is 3.87. The van der Waals surface area contributed by atoms with Gasteiger partial charge in [0.15, 0.2) is 0 Å². The molecule has 0 aliphatic rings. The first-order valence-electron chi connectivity index (χ1n) is 6.78. The maximum absolute atomic E-state index is 13.4. The molecule has 1 aromatic carbocycles. The van der Waals surface area contributed by atoms with E-state index in [4.69, 9.17) is 0 Å².